The van der Waals surface area contributed by atoms with Crippen molar-refractivity contribution in [3.05, 3.63) is 71.1 Å². The van der Waals surface area contributed by atoms with Gasteiger partial charge >= 0.3 is 0 Å². The number of hydrogen-bond acceptors (Lipinski definition) is 5. The molecule has 0 N–H and O–H groups in total. The van der Waals surface area contributed by atoms with Gasteiger partial charge in [0.2, 0.25) is 0 Å². The van der Waals surface area contributed by atoms with Crippen molar-refractivity contribution in [2.24, 2.45) is 11.0 Å². The van der Waals surface area contributed by atoms with Gasteiger partial charge < -0.3 is 18.6 Å². The molecular weight excluding hydrogens is 446 g/mol. The highest BCUT2D eigenvalue weighted by molar-refractivity contribution is 6.99. The maximum Gasteiger partial charge on any atom is 0.261 e. The molecule has 2 aliphatic heterocycles. The molecule has 4 atom stereocenters. The van der Waals surface area contributed by atoms with E-state index >= 15 is 0 Å². The quantitative estimate of drug-likeness (QED) is 0.236. The molecule has 182 valence electrons. The minimum Gasteiger partial charge on any atom is -0.407 e. The molecule has 2 fully saturated rings. The highest BCUT2D eigenvalue weighted by Crippen LogP contribution is 2.43. The molecule has 2 aromatic carbocycles. The fourth-order valence-corrected chi connectivity index (χ4v) is 9.97. The van der Waals surface area contributed by atoms with Crippen molar-refractivity contribution in [2.75, 3.05) is 13.2 Å². The predicted octanol–water partition coefficient (Wildman–Crippen LogP) is 4.76. The third-order valence-corrected chi connectivity index (χ3v) is 11.9. The summed E-state index contributed by atoms with van der Waals surface area (Å²) in [6.07, 6.45) is -0.204. The first kappa shape index (κ1) is 24.9. The Kier molecular flexibility index (Phi) is 7.19. The summed E-state index contributed by atoms with van der Waals surface area (Å²) < 4.78 is 25.3. The summed E-state index contributed by atoms with van der Waals surface area (Å²) in [5.74, 6) is -0.689. The highest BCUT2D eigenvalue weighted by Gasteiger charge is 2.55. The lowest BCUT2D eigenvalue weighted by atomic mass is 9.95. The Morgan fingerprint density at radius 2 is 1.59 bits per heavy atom. The van der Waals surface area contributed by atoms with Crippen LogP contribution in [0.15, 0.2) is 65.8 Å². The average molecular weight is 482 g/mol. The molecule has 0 amide bonds. The number of azide groups is 1. The minimum atomic E-state index is -2.63. The maximum atomic E-state index is 8.84. The SMILES string of the molecule is CC1(C)O[C@H]2O[C@H](CN=[N+]=[N-])[C@@H](CCO[Si](c3ccccc3)(c3ccccc3)C(C)(C)C)[C@H]2O1. The Balaban J connectivity index is 1.62. The van der Waals surface area contributed by atoms with E-state index in [0.29, 0.717) is 6.61 Å². The standard InChI is InChI=1S/C26H35N3O4Si/c1-25(2,3)34(19-12-8-6-9-13-19,20-14-10-7-11-15-20)30-17-16-21-22(18-28-29-27)31-24-23(21)32-26(4,5)33-24/h6-15,21-24H,16-18H2,1-5H3/t21-,22-,23-,24-/m1/s1. The van der Waals surface area contributed by atoms with E-state index in [-0.39, 0.29) is 29.7 Å². The lowest BCUT2D eigenvalue weighted by molar-refractivity contribution is -0.209. The molecule has 4 rings (SSSR count). The monoisotopic (exact) mass is 481 g/mol. The fourth-order valence-electron chi connectivity index (χ4n) is 5.39. The van der Waals surface area contributed by atoms with Crippen LogP contribution in [0.2, 0.25) is 5.04 Å². The van der Waals surface area contributed by atoms with Crippen molar-refractivity contribution in [1.29, 1.82) is 0 Å². The zero-order valence-electron chi connectivity index (χ0n) is 20.7. The zero-order valence-corrected chi connectivity index (χ0v) is 21.7. The van der Waals surface area contributed by atoms with Crippen LogP contribution in [-0.4, -0.2) is 45.8 Å². The molecule has 7 nitrogen and oxygen atoms in total. The van der Waals surface area contributed by atoms with Crippen LogP contribution in [-0.2, 0) is 18.6 Å². The highest BCUT2D eigenvalue weighted by atomic mass is 28.4. The Morgan fingerprint density at radius 1 is 1.00 bits per heavy atom. The minimum absolute atomic E-state index is 0.00971. The summed E-state index contributed by atoms with van der Waals surface area (Å²) in [5, 5.41) is 6.18. The Morgan fingerprint density at radius 3 is 2.12 bits per heavy atom. The van der Waals surface area contributed by atoms with Gasteiger partial charge in [-0.3, -0.25) is 0 Å². The summed E-state index contributed by atoms with van der Waals surface area (Å²) in [6, 6.07) is 21.2. The van der Waals surface area contributed by atoms with Gasteiger partial charge in [0.1, 0.15) is 6.10 Å². The van der Waals surface area contributed by atoms with Crippen LogP contribution in [0.25, 0.3) is 10.4 Å². The van der Waals surface area contributed by atoms with Crippen LogP contribution < -0.4 is 10.4 Å². The second kappa shape index (κ2) is 9.82. The van der Waals surface area contributed by atoms with E-state index in [1.54, 1.807) is 0 Å². The summed E-state index contributed by atoms with van der Waals surface area (Å²) in [6.45, 7) is 11.4. The van der Waals surface area contributed by atoms with Crippen LogP contribution in [0.5, 0.6) is 0 Å². The first-order chi connectivity index (χ1) is 16.2. The lowest BCUT2D eigenvalue weighted by Gasteiger charge is -2.43. The molecule has 0 saturated carbocycles. The van der Waals surface area contributed by atoms with Crippen molar-refractivity contribution in [1.82, 2.24) is 0 Å². The first-order valence-corrected chi connectivity index (χ1v) is 13.9. The average Bonchev–Trinajstić information content (AvgIpc) is 3.27. The van der Waals surface area contributed by atoms with Gasteiger partial charge in [-0.1, -0.05) is 86.5 Å². The number of fused-ring (bicyclic) bond motifs is 1. The molecule has 34 heavy (non-hydrogen) atoms. The number of nitrogens with zero attached hydrogens (tertiary/aromatic N) is 3. The van der Waals surface area contributed by atoms with Gasteiger partial charge in [0.15, 0.2) is 12.1 Å². The third kappa shape index (κ3) is 4.80. The van der Waals surface area contributed by atoms with E-state index < -0.39 is 20.4 Å². The van der Waals surface area contributed by atoms with Crippen LogP contribution in [0.1, 0.15) is 41.0 Å². The third-order valence-electron chi connectivity index (χ3n) is 6.81. The summed E-state index contributed by atoms with van der Waals surface area (Å²) >= 11 is 0. The molecule has 0 aromatic heterocycles. The Bertz CT molecular complexity index is 966. The molecule has 2 aromatic rings. The second-order valence-corrected chi connectivity index (χ2v) is 14.8. The molecule has 0 bridgehead atoms. The second-order valence-electron chi connectivity index (χ2n) is 10.5. The van der Waals surface area contributed by atoms with E-state index in [0.717, 1.165) is 6.42 Å². The zero-order chi connectivity index (χ0) is 24.4. The van der Waals surface area contributed by atoms with Crippen molar-refractivity contribution < 1.29 is 18.6 Å². The first-order valence-electron chi connectivity index (χ1n) is 11.9. The summed E-state index contributed by atoms with van der Waals surface area (Å²) in [7, 11) is -2.63. The van der Waals surface area contributed by atoms with Crippen LogP contribution in [0.3, 0.4) is 0 Å². The maximum absolute atomic E-state index is 8.84. The Labute approximate surface area is 203 Å². The van der Waals surface area contributed by atoms with Gasteiger partial charge in [-0.25, -0.2) is 0 Å². The van der Waals surface area contributed by atoms with Crippen molar-refractivity contribution in [2.45, 2.75) is 70.4 Å². The molecular formula is C26H35N3O4Si. The van der Waals surface area contributed by atoms with E-state index in [1.165, 1.54) is 10.4 Å². The predicted molar refractivity (Wildman–Crippen MR) is 134 cm³/mol. The molecule has 8 heteroatoms. The van der Waals surface area contributed by atoms with Crippen molar-refractivity contribution in [3.63, 3.8) is 0 Å². The van der Waals surface area contributed by atoms with Crippen molar-refractivity contribution in [3.8, 4) is 0 Å². The van der Waals surface area contributed by atoms with E-state index in [2.05, 4.69) is 79.3 Å². The van der Waals surface area contributed by atoms with E-state index in [4.69, 9.17) is 24.2 Å². The number of hydrogen-bond donors (Lipinski definition) is 0. The molecule has 0 spiro atoms. The van der Waals surface area contributed by atoms with Crippen molar-refractivity contribution >= 4 is 18.7 Å². The van der Waals surface area contributed by atoms with Gasteiger partial charge in [0.05, 0.1) is 12.6 Å². The van der Waals surface area contributed by atoms with Gasteiger partial charge in [-0.15, -0.1) is 0 Å². The van der Waals surface area contributed by atoms with Gasteiger partial charge in [0.25, 0.3) is 8.32 Å². The van der Waals surface area contributed by atoms with Crippen LogP contribution in [0, 0.1) is 5.92 Å². The molecule has 2 heterocycles. The van der Waals surface area contributed by atoms with Gasteiger partial charge in [-0.05, 0) is 41.2 Å². The number of rotatable bonds is 8. The Hall–Kier alpha value is -2.19. The molecule has 2 saturated heterocycles. The van der Waals surface area contributed by atoms with Crippen LogP contribution >= 0.6 is 0 Å². The molecule has 2 aliphatic rings. The smallest absolute Gasteiger partial charge is 0.261 e. The van der Waals surface area contributed by atoms with Crippen LogP contribution in [0.4, 0.5) is 0 Å². The van der Waals surface area contributed by atoms with E-state index in [1.807, 2.05) is 26.0 Å². The summed E-state index contributed by atoms with van der Waals surface area (Å²) in [5.41, 5.74) is 8.84. The number of benzene rings is 2. The molecule has 0 radical (unpaired) electrons. The topological polar surface area (TPSA) is 85.7 Å². The van der Waals surface area contributed by atoms with Gasteiger partial charge in [0, 0.05) is 17.4 Å². The number of ether oxygens (including phenoxy) is 3. The fraction of sp³-hybridized carbons (Fsp3) is 0.538. The molecule has 0 unspecified atom stereocenters. The van der Waals surface area contributed by atoms with Gasteiger partial charge in [-0.2, -0.15) is 0 Å². The largest absolute Gasteiger partial charge is 0.407 e. The molecule has 0 aliphatic carbocycles. The normalized spacial score (nSPS) is 26.1. The van der Waals surface area contributed by atoms with E-state index in [9.17, 15) is 0 Å². The summed E-state index contributed by atoms with van der Waals surface area (Å²) in [4.78, 5) is 2.93. The lowest BCUT2D eigenvalue weighted by Crippen LogP contribution is -2.66.